The standard InChI is InChI=1S/C9H15N3O3/c13-8-3-6(4-11-8)12-9(14)7-5-15-2-1-10-7/h6-7,10H,1-5H2,(H,11,13)(H,12,14). The lowest BCUT2D eigenvalue weighted by atomic mass is 10.2. The Bertz CT molecular complexity index is 263. The first kappa shape index (κ1) is 10.4. The Balaban J connectivity index is 1.78. The van der Waals surface area contributed by atoms with E-state index in [-0.39, 0.29) is 23.9 Å². The molecule has 2 aliphatic rings. The predicted molar refractivity (Wildman–Crippen MR) is 52.2 cm³/mol. The van der Waals surface area contributed by atoms with Gasteiger partial charge in [0.25, 0.3) is 0 Å². The number of carbonyl (C=O) groups is 2. The second kappa shape index (κ2) is 4.59. The molecule has 0 aliphatic carbocycles. The fourth-order valence-electron chi connectivity index (χ4n) is 1.74. The lowest BCUT2D eigenvalue weighted by molar-refractivity contribution is -0.126. The Morgan fingerprint density at radius 1 is 1.53 bits per heavy atom. The highest BCUT2D eigenvalue weighted by molar-refractivity contribution is 5.84. The van der Waals surface area contributed by atoms with Crippen molar-refractivity contribution in [2.45, 2.75) is 18.5 Å². The van der Waals surface area contributed by atoms with E-state index in [0.717, 1.165) is 0 Å². The molecule has 2 heterocycles. The van der Waals surface area contributed by atoms with Crippen LogP contribution in [0.1, 0.15) is 6.42 Å². The first-order valence-corrected chi connectivity index (χ1v) is 5.14. The SMILES string of the molecule is O=C1CC(NC(=O)C2COCCN2)CN1. The molecule has 0 bridgehead atoms. The fourth-order valence-corrected chi connectivity index (χ4v) is 1.74. The van der Waals surface area contributed by atoms with Crippen LogP contribution >= 0.6 is 0 Å². The number of rotatable bonds is 2. The summed E-state index contributed by atoms with van der Waals surface area (Å²) < 4.78 is 5.18. The van der Waals surface area contributed by atoms with E-state index in [1.54, 1.807) is 0 Å². The van der Waals surface area contributed by atoms with Crippen LogP contribution in [0.2, 0.25) is 0 Å². The molecule has 0 aromatic carbocycles. The zero-order valence-corrected chi connectivity index (χ0v) is 8.41. The number of carbonyl (C=O) groups excluding carboxylic acids is 2. The molecule has 2 saturated heterocycles. The van der Waals surface area contributed by atoms with Crippen molar-refractivity contribution in [2.75, 3.05) is 26.3 Å². The molecule has 15 heavy (non-hydrogen) atoms. The van der Waals surface area contributed by atoms with Crippen LogP contribution in [0, 0.1) is 0 Å². The number of hydrogen-bond acceptors (Lipinski definition) is 4. The average Bonchev–Trinajstić information content (AvgIpc) is 2.65. The van der Waals surface area contributed by atoms with E-state index in [9.17, 15) is 9.59 Å². The fraction of sp³-hybridized carbons (Fsp3) is 0.778. The van der Waals surface area contributed by atoms with Crippen LogP contribution in [-0.4, -0.2) is 50.2 Å². The summed E-state index contributed by atoms with van der Waals surface area (Å²) in [6, 6.07) is -0.358. The van der Waals surface area contributed by atoms with Crippen LogP contribution in [0.4, 0.5) is 0 Å². The van der Waals surface area contributed by atoms with Crippen LogP contribution in [0.3, 0.4) is 0 Å². The van der Waals surface area contributed by atoms with Crippen molar-refractivity contribution >= 4 is 11.8 Å². The predicted octanol–water partition coefficient (Wildman–Crippen LogP) is -2.02. The van der Waals surface area contributed by atoms with Crippen LogP contribution in [0.15, 0.2) is 0 Å². The Morgan fingerprint density at radius 3 is 3.00 bits per heavy atom. The summed E-state index contributed by atoms with van der Waals surface area (Å²) in [6.07, 6.45) is 0.374. The normalized spacial score (nSPS) is 31.1. The molecule has 2 atom stereocenters. The zero-order valence-electron chi connectivity index (χ0n) is 8.41. The Morgan fingerprint density at radius 2 is 2.40 bits per heavy atom. The van der Waals surface area contributed by atoms with Crippen molar-refractivity contribution in [1.82, 2.24) is 16.0 Å². The van der Waals surface area contributed by atoms with Gasteiger partial charge in [-0.2, -0.15) is 0 Å². The molecule has 0 aromatic rings. The van der Waals surface area contributed by atoms with Crippen LogP contribution in [0.5, 0.6) is 0 Å². The van der Waals surface area contributed by atoms with E-state index in [1.165, 1.54) is 0 Å². The number of morpholine rings is 1. The number of nitrogens with one attached hydrogen (secondary N) is 3. The van der Waals surface area contributed by atoms with Gasteiger partial charge in [-0.05, 0) is 0 Å². The van der Waals surface area contributed by atoms with E-state index < -0.39 is 0 Å². The van der Waals surface area contributed by atoms with E-state index in [2.05, 4.69) is 16.0 Å². The van der Waals surface area contributed by atoms with Crippen molar-refractivity contribution < 1.29 is 14.3 Å². The van der Waals surface area contributed by atoms with Gasteiger partial charge >= 0.3 is 0 Å². The highest BCUT2D eigenvalue weighted by Crippen LogP contribution is 2.00. The highest BCUT2D eigenvalue weighted by Gasteiger charge is 2.27. The second-order valence-corrected chi connectivity index (χ2v) is 3.80. The molecule has 2 rings (SSSR count). The van der Waals surface area contributed by atoms with Crippen molar-refractivity contribution in [3.05, 3.63) is 0 Å². The molecule has 6 nitrogen and oxygen atoms in total. The Kier molecular flexibility index (Phi) is 3.17. The summed E-state index contributed by atoms with van der Waals surface area (Å²) in [5.74, 6) is -0.0932. The van der Waals surface area contributed by atoms with Crippen LogP contribution < -0.4 is 16.0 Å². The van der Waals surface area contributed by atoms with Crippen molar-refractivity contribution in [3.63, 3.8) is 0 Å². The quantitative estimate of drug-likeness (QED) is 0.495. The minimum atomic E-state index is -0.283. The maximum atomic E-state index is 11.7. The number of hydrogen-bond donors (Lipinski definition) is 3. The van der Waals surface area contributed by atoms with Crippen molar-refractivity contribution in [2.24, 2.45) is 0 Å². The number of amides is 2. The van der Waals surface area contributed by atoms with Crippen LogP contribution in [-0.2, 0) is 14.3 Å². The zero-order chi connectivity index (χ0) is 10.7. The topological polar surface area (TPSA) is 79.5 Å². The molecule has 2 amide bonds. The second-order valence-electron chi connectivity index (χ2n) is 3.80. The third-order valence-electron chi connectivity index (χ3n) is 2.56. The summed E-state index contributed by atoms with van der Waals surface area (Å²) in [7, 11) is 0. The monoisotopic (exact) mass is 213 g/mol. The minimum Gasteiger partial charge on any atom is -0.378 e. The molecule has 2 aliphatic heterocycles. The minimum absolute atomic E-state index is 0.00634. The van der Waals surface area contributed by atoms with Gasteiger partial charge in [0, 0.05) is 19.5 Å². The molecule has 3 N–H and O–H groups in total. The average molecular weight is 213 g/mol. The molecule has 6 heteroatoms. The molecule has 2 unspecified atom stereocenters. The summed E-state index contributed by atoms with van der Waals surface area (Å²) in [6.45, 7) is 2.27. The first-order valence-electron chi connectivity index (χ1n) is 5.14. The lowest BCUT2D eigenvalue weighted by Gasteiger charge is -2.24. The molecule has 0 radical (unpaired) electrons. The maximum Gasteiger partial charge on any atom is 0.239 e. The van der Waals surface area contributed by atoms with Gasteiger partial charge in [0.05, 0.1) is 19.3 Å². The van der Waals surface area contributed by atoms with Gasteiger partial charge in [0.1, 0.15) is 6.04 Å². The molecule has 0 aromatic heterocycles. The molecule has 0 saturated carbocycles. The Labute approximate surface area is 87.7 Å². The van der Waals surface area contributed by atoms with E-state index >= 15 is 0 Å². The van der Waals surface area contributed by atoms with E-state index in [4.69, 9.17) is 4.74 Å². The van der Waals surface area contributed by atoms with Crippen molar-refractivity contribution in [1.29, 1.82) is 0 Å². The summed E-state index contributed by atoms with van der Waals surface area (Å²) in [5, 5.41) is 8.55. The van der Waals surface area contributed by atoms with Gasteiger partial charge in [0.15, 0.2) is 0 Å². The molecular weight excluding hydrogens is 198 g/mol. The van der Waals surface area contributed by atoms with Gasteiger partial charge in [-0.15, -0.1) is 0 Å². The van der Waals surface area contributed by atoms with E-state index in [1.807, 2.05) is 0 Å². The van der Waals surface area contributed by atoms with Crippen molar-refractivity contribution in [3.8, 4) is 0 Å². The van der Waals surface area contributed by atoms with Gasteiger partial charge < -0.3 is 20.7 Å². The maximum absolute atomic E-state index is 11.7. The van der Waals surface area contributed by atoms with Gasteiger partial charge in [-0.3, -0.25) is 9.59 Å². The lowest BCUT2D eigenvalue weighted by Crippen LogP contribution is -2.53. The van der Waals surface area contributed by atoms with Gasteiger partial charge in [-0.25, -0.2) is 0 Å². The third-order valence-corrected chi connectivity index (χ3v) is 2.56. The third kappa shape index (κ3) is 2.66. The Hall–Kier alpha value is -1.14. The van der Waals surface area contributed by atoms with E-state index in [0.29, 0.717) is 32.7 Å². The number of ether oxygens (including phenoxy) is 1. The molecule has 84 valence electrons. The molecule has 2 fully saturated rings. The smallest absolute Gasteiger partial charge is 0.239 e. The first-order chi connectivity index (χ1) is 7.25. The van der Waals surface area contributed by atoms with Gasteiger partial charge in [0.2, 0.25) is 11.8 Å². The van der Waals surface area contributed by atoms with Crippen LogP contribution in [0.25, 0.3) is 0 Å². The summed E-state index contributed by atoms with van der Waals surface area (Å²) in [5.41, 5.74) is 0. The molecular formula is C9H15N3O3. The van der Waals surface area contributed by atoms with Gasteiger partial charge in [-0.1, -0.05) is 0 Å². The summed E-state index contributed by atoms with van der Waals surface area (Å²) in [4.78, 5) is 22.6. The highest BCUT2D eigenvalue weighted by atomic mass is 16.5. The molecule has 0 spiro atoms. The summed E-state index contributed by atoms with van der Waals surface area (Å²) >= 11 is 0. The largest absolute Gasteiger partial charge is 0.378 e.